The first-order chi connectivity index (χ1) is 9.55. The highest BCUT2D eigenvalue weighted by atomic mass is 35.5. The molecule has 2 heterocycles. The van der Waals surface area contributed by atoms with Gasteiger partial charge in [0.2, 0.25) is 0 Å². The first kappa shape index (κ1) is 16.1. The van der Waals surface area contributed by atoms with Crippen LogP contribution in [0.5, 0.6) is 0 Å². The minimum Gasteiger partial charge on any atom is -0.384 e. The van der Waals surface area contributed by atoms with Gasteiger partial charge in [-0.2, -0.15) is 0 Å². The fourth-order valence-electron chi connectivity index (χ4n) is 2.76. The molecule has 0 spiro atoms. The molecule has 1 aromatic carbocycles. The highest BCUT2D eigenvalue weighted by Crippen LogP contribution is 2.24. The van der Waals surface area contributed by atoms with Gasteiger partial charge in [-0.3, -0.25) is 4.79 Å². The van der Waals surface area contributed by atoms with Gasteiger partial charge in [0.15, 0.2) is 9.84 Å². The summed E-state index contributed by atoms with van der Waals surface area (Å²) in [6.45, 7) is 1.73. The minimum absolute atomic E-state index is 0. The molecule has 1 fully saturated rings. The van der Waals surface area contributed by atoms with Crippen molar-refractivity contribution in [2.45, 2.75) is 12.8 Å². The number of carbonyl (C=O) groups is 1. The van der Waals surface area contributed by atoms with Crippen LogP contribution in [0.2, 0.25) is 0 Å². The van der Waals surface area contributed by atoms with Gasteiger partial charge < -0.3 is 10.2 Å². The molecule has 7 heteroatoms. The predicted octanol–water partition coefficient (Wildman–Crippen LogP) is 1.34. The lowest BCUT2D eigenvalue weighted by atomic mass is 10.1. The molecule has 0 aliphatic carbocycles. The van der Waals surface area contributed by atoms with E-state index >= 15 is 0 Å². The average molecular weight is 331 g/mol. The largest absolute Gasteiger partial charge is 0.384 e. The predicted molar refractivity (Wildman–Crippen MR) is 85.1 cm³/mol. The van der Waals surface area contributed by atoms with E-state index in [1.165, 1.54) is 5.56 Å². The van der Waals surface area contributed by atoms with Crippen LogP contribution in [0, 0.1) is 0 Å². The molecule has 1 saturated heterocycles. The Bertz CT molecular complexity index is 646. The summed E-state index contributed by atoms with van der Waals surface area (Å²) in [7, 11) is -2.98. The van der Waals surface area contributed by atoms with E-state index in [1.807, 2.05) is 18.2 Å². The summed E-state index contributed by atoms with van der Waals surface area (Å²) in [6.07, 6.45) is 1.46. The highest BCUT2D eigenvalue weighted by Gasteiger charge is 2.24. The van der Waals surface area contributed by atoms with Crippen molar-refractivity contribution in [1.29, 1.82) is 0 Å². The molecule has 0 bridgehead atoms. The van der Waals surface area contributed by atoms with Crippen LogP contribution in [0.15, 0.2) is 18.2 Å². The molecular weight excluding hydrogens is 312 g/mol. The molecule has 0 radical (unpaired) electrons. The molecular formula is C14H19ClN2O3S. The van der Waals surface area contributed by atoms with Crippen LogP contribution < -0.4 is 5.32 Å². The summed E-state index contributed by atoms with van der Waals surface area (Å²) in [5, 5.41) is 3.26. The van der Waals surface area contributed by atoms with Crippen LogP contribution in [-0.4, -0.2) is 50.4 Å². The van der Waals surface area contributed by atoms with Gasteiger partial charge in [0.05, 0.1) is 11.5 Å². The van der Waals surface area contributed by atoms with Crippen molar-refractivity contribution in [3.8, 4) is 0 Å². The van der Waals surface area contributed by atoms with Gasteiger partial charge in [-0.05, 0) is 36.6 Å². The summed E-state index contributed by atoms with van der Waals surface area (Å²) in [5.41, 5.74) is 2.92. The quantitative estimate of drug-likeness (QED) is 0.843. The molecule has 1 amide bonds. The zero-order valence-corrected chi connectivity index (χ0v) is 13.3. The molecule has 5 nitrogen and oxygen atoms in total. The number of anilines is 1. The molecule has 21 heavy (non-hydrogen) atoms. The molecule has 0 atom stereocenters. The van der Waals surface area contributed by atoms with Gasteiger partial charge in [0.25, 0.3) is 5.91 Å². The Morgan fingerprint density at radius 2 is 2.00 bits per heavy atom. The van der Waals surface area contributed by atoms with Crippen LogP contribution in [0.4, 0.5) is 5.69 Å². The summed E-state index contributed by atoms with van der Waals surface area (Å²) in [6, 6.07) is 5.68. The number of hydrogen-bond acceptors (Lipinski definition) is 4. The third kappa shape index (κ3) is 3.49. The molecule has 3 rings (SSSR count). The Balaban J connectivity index is 0.00000161. The molecule has 116 valence electrons. The van der Waals surface area contributed by atoms with E-state index < -0.39 is 9.84 Å². The molecule has 0 aromatic heterocycles. The van der Waals surface area contributed by atoms with Crippen molar-refractivity contribution in [1.82, 2.24) is 4.90 Å². The van der Waals surface area contributed by atoms with Gasteiger partial charge in [-0.15, -0.1) is 12.4 Å². The maximum absolute atomic E-state index is 12.5. The zero-order chi connectivity index (χ0) is 14.2. The monoisotopic (exact) mass is 330 g/mol. The van der Waals surface area contributed by atoms with Gasteiger partial charge in [0.1, 0.15) is 0 Å². The molecule has 0 saturated carbocycles. The van der Waals surface area contributed by atoms with Gasteiger partial charge in [0, 0.05) is 30.9 Å². The number of hydrogen-bond donors (Lipinski definition) is 1. The Labute approximate surface area is 131 Å². The normalized spacial score (nSPS) is 19.9. The van der Waals surface area contributed by atoms with E-state index in [0.29, 0.717) is 25.1 Å². The van der Waals surface area contributed by atoms with Crippen LogP contribution in [0.25, 0.3) is 0 Å². The summed E-state index contributed by atoms with van der Waals surface area (Å²) in [4.78, 5) is 14.1. The van der Waals surface area contributed by atoms with E-state index in [4.69, 9.17) is 0 Å². The average Bonchev–Trinajstić information content (AvgIpc) is 2.81. The van der Waals surface area contributed by atoms with Crippen LogP contribution in [0.3, 0.4) is 0 Å². The number of benzene rings is 1. The van der Waals surface area contributed by atoms with Crippen molar-refractivity contribution in [2.75, 3.05) is 36.5 Å². The number of fused-ring (bicyclic) bond motifs is 1. The maximum atomic E-state index is 12.5. The molecule has 1 N–H and O–H groups in total. The highest BCUT2D eigenvalue weighted by molar-refractivity contribution is 7.91. The van der Waals surface area contributed by atoms with Crippen molar-refractivity contribution >= 4 is 33.8 Å². The van der Waals surface area contributed by atoms with E-state index in [-0.39, 0.29) is 29.8 Å². The van der Waals surface area contributed by atoms with Crippen LogP contribution in [0.1, 0.15) is 22.3 Å². The van der Waals surface area contributed by atoms with Gasteiger partial charge in [-0.25, -0.2) is 8.42 Å². The van der Waals surface area contributed by atoms with Gasteiger partial charge in [-0.1, -0.05) is 0 Å². The molecule has 0 unspecified atom stereocenters. The van der Waals surface area contributed by atoms with E-state index in [0.717, 1.165) is 18.7 Å². The molecule has 2 aliphatic heterocycles. The maximum Gasteiger partial charge on any atom is 0.253 e. The first-order valence-corrected chi connectivity index (χ1v) is 8.74. The van der Waals surface area contributed by atoms with Crippen molar-refractivity contribution in [3.63, 3.8) is 0 Å². The first-order valence-electron chi connectivity index (χ1n) is 6.92. The number of rotatable bonds is 1. The Morgan fingerprint density at radius 1 is 1.19 bits per heavy atom. The Morgan fingerprint density at radius 3 is 2.81 bits per heavy atom. The number of halogens is 1. The van der Waals surface area contributed by atoms with E-state index in [2.05, 4.69) is 5.32 Å². The van der Waals surface area contributed by atoms with Gasteiger partial charge >= 0.3 is 0 Å². The SMILES string of the molecule is Cl.O=C(c1ccc2c(c1)CCN2)N1CCCS(=O)(=O)CC1. The Hall–Kier alpha value is -1.27. The lowest BCUT2D eigenvalue weighted by Crippen LogP contribution is -2.33. The Kier molecular flexibility index (Phi) is 4.78. The summed E-state index contributed by atoms with van der Waals surface area (Å²) >= 11 is 0. The van der Waals surface area contributed by atoms with Crippen molar-refractivity contribution < 1.29 is 13.2 Å². The van der Waals surface area contributed by atoms with Crippen molar-refractivity contribution in [2.24, 2.45) is 0 Å². The van der Waals surface area contributed by atoms with Crippen LogP contribution >= 0.6 is 12.4 Å². The number of carbonyl (C=O) groups excluding carboxylic acids is 1. The fraction of sp³-hybridized carbons (Fsp3) is 0.500. The minimum atomic E-state index is -2.98. The van der Waals surface area contributed by atoms with Crippen molar-refractivity contribution in [3.05, 3.63) is 29.3 Å². The zero-order valence-electron chi connectivity index (χ0n) is 11.7. The summed E-state index contributed by atoms with van der Waals surface area (Å²) < 4.78 is 23.2. The van der Waals surface area contributed by atoms with E-state index in [1.54, 1.807) is 4.90 Å². The second kappa shape index (κ2) is 6.23. The molecule has 2 aliphatic rings. The number of amides is 1. The standard InChI is InChI=1S/C14H18N2O3S.ClH/c17-14(16-6-1-8-20(18,19)9-7-16)12-2-3-13-11(10-12)4-5-15-13;/h2-3,10,15H,1,4-9H2;1H. The number of nitrogens with zero attached hydrogens (tertiary/aromatic N) is 1. The fourth-order valence-corrected chi connectivity index (χ4v) is 4.03. The second-order valence-electron chi connectivity index (χ2n) is 5.35. The van der Waals surface area contributed by atoms with E-state index in [9.17, 15) is 13.2 Å². The third-order valence-corrected chi connectivity index (χ3v) is 5.62. The second-order valence-corrected chi connectivity index (χ2v) is 7.65. The lowest BCUT2D eigenvalue weighted by molar-refractivity contribution is 0.0768. The lowest BCUT2D eigenvalue weighted by Gasteiger charge is -2.20. The van der Waals surface area contributed by atoms with Crippen LogP contribution in [-0.2, 0) is 16.3 Å². The smallest absolute Gasteiger partial charge is 0.253 e. The topological polar surface area (TPSA) is 66.5 Å². The number of nitrogens with one attached hydrogen (secondary N) is 1. The number of sulfone groups is 1. The third-order valence-electron chi connectivity index (χ3n) is 3.90. The summed E-state index contributed by atoms with van der Waals surface area (Å²) in [5.74, 6) is 0.202. The molecule has 1 aromatic rings.